The highest BCUT2D eigenvalue weighted by Gasteiger charge is 2.21. The maximum atomic E-state index is 12.2. The molecule has 0 aromatic heterocycles. The summed E-state index contributed by atoms with van der Waals surface area (Å²) in [5.41, 5.74) is 6.77. The van der Waals surface area contributed by atoms with Gasteiger partial charge in [0.15, 0.2) is 0 Å². The van der Waals surface area contributed by atoms with Crippen molar-refractivity contribution in [3.8, 4) is 0 Å². The molecular formula is C19H19N3O2. The Morgan fingerprint density at radius 1 is 1.12 bits per heavy atom. The molecule has 24 heavy (non-hydrogen) atoms. The summed E-state index contributed by atoms with van der Waals surface area (Å²) in [6.07, 6.45) is 0.435. The molecule has 0 bridgehead atoms. The molecule has 1 heterocycles. The van der Waals surface area contributed by atoms with Gasteiger partial charge in [-0.2, -0.15) is 5.10 Å². The molecule has 3 rings (SSSR count). The van der Waals surface area contributed by atoms with Gasteiger partial charge in [0, 0.05) is 23.6 Å². The highest BCUT2D eigenvalue weighted by Crippen LogP contribution is 2.19. The van der Waals surface area contributed by atoms with Crippen LogP contribution in [0.15, 0.2) is 53.6 Å². The number of aryl methyl sites for hydroxylation is 1. The highest BCUT2D eigenvalue weighted by atomic mass is 16.2. The molecule has 0 spiro atoms. The number of carbonyl (C=O) groups is 2. The van der Waals surface area contributed by atoms with Crippen molar-refractivity contribution in [1.29, 1.82) is 0 Å². The molecule has 0 aliphatic carbocycles. The maximum absolute atomic E-state index is 12.2. The van der Waals surface area contributed by atoms with Gasteiger partial charge in [-0.15, -0.1) is 0 Å². The van der Waals surface area contributed by atoms with E-state index in [-0.39, 0.29) is 17.7 Å². The van der Waals surface area contributed by atoms with Crippen LogP contribution < -0.4 is 10.7 Å². The Balaban J connectivity index is 1.72. The van der Waals surface area contributed by atoms with E-state index in [1.807, 2.05) is 50.2 Å². The fourth-order valence-corrected chi connectivity index (χ4v) is 2.63. The zero-order chi connectivity index (χ0) is 17.1. The third kappa shape index (κ3) is 3.51. The highest BCUT2D eigenvalue weighted by molar-refractivity contribution is 6.07. The minimum absolute atomic E-state index is 0.0618. The van der Waals surface area contributed by atoms with E-state index in [1.165, 1.54) is 0 Å². The Bertz CT molecular complexity index is 792. The van der Waals surface area contributed by atoms with E-state index >= 15 is 0 Å². The number of nitrogens with one attached hydrogen (secondary N) is 2. The number of benzene rings is 2. The van der Waals surface area contributed by atoms with E-state index < -0.39 is 0 Å². The summed E-state index contributed by atoms with van der Waals surface area (Å²) < 4.78 is 0. The maximum Gasteiger partial charge on any atom is 0.255 e. The van der Waals surface area contributed by atoms with Gasteiger partial charge >= 0.3 is 0 Å². The average Bonchev–Trinajstić information content (AvgIpc) is 2.56. The second kappa shape index (κ2) is 6.66. The lowest BCUT2D eigenvalue weighted by Crippen LogP contribution is -2.31. The molecule has 122 valence electrons. The number of hydrogen-bond donors (Lipinski definition) is 2. The second-order valence-corrected chi connectivity index (χ2v) is 6.03. The van der Waals surface area contributed by atoms with Gasteiger partial charge in [0.2, 0.25) is 5.91 Å². The van der Waals surface area contributed by atoms with E-state index in [0.29, 0.717) is 12.0 Å². The monoisotopic (exact) mass is 321 g/mol. The Kier molecular flexibility index (Phi) is 4.42. The number of nitrogens with zero attached hydrogens (tertiary/aromatic N) is 1. The van der Waals surface area contributed by atoms with Crippen LogP contribution in [-0.2, 0) is 4.79 Å². The lowest BCUT2D eigenvalue weighted by molar-refractivity contribution is -0.121. The lowest BCUT2D eigenvalue weighted by Gasteiger charge is -2.19. The molecule has 2 N–H and O–H groups in total. The molecule has 2 amide bonds. The number of hydrazone groups is 1. The fourth-order valence-electron chi connectivity index (χ4n) is 2.63. The third-order valence-electron chi connectivity index (χ3n) is 4.01. The summed E-state index contributed by atoms with van der Waals surface area (Å²) in [5.74, 6) is -0.127. The first-order chi connectivity index (χ1) is 11.5. The molecule has 1 aliphatic heterocycles. The van der Waals surface area contributed by atoms with Crippen LogP contribution in [0.1, 0.15) is 34.8 Å². The van der Waals surface area contributed by atoms with Crippen LogP contribution in [0.25, 0.3) is 0 Å². The zero-order valence-corrected chi connectivity index (χ0v) is 13.7. The van der Waals surface area contributed by atoms with Crippen molar-refractivity contribution in [3.63, 3.8) is 0 Å². The minimum atomic E-state index is -0.140. The summed E-state index contributed by atoms with van der Waals surface area (Å²) in [6.45, 7) is 3.96. The third-order valence-corrected chi connectivity index (χ3v) is 4.01. The lowest BCUT2D eigenvalue weighted by atomic mass is 9.94. The van der Waals surface area contributed by atoms with Crippen molar-refractivity contribution in [1.82, 2.24) is 5.43 Å². The standard InChI is InChI=1S/C19H19N3O2/c1-12-3-5-15(6-4-12)19(24)20-16-9-7-14(8-10-16)18-13(2)11-17(23)21-22-18/h3-10,13H,11H2,1-2H3,(H,20,24)(H,21,23). The quantitative estimate of drug-likeness (QED) is 0.912. The van der Waals surface area contributed by atoms with Crippen LogP contribution in [0.2, 0.25) is 0 Å². The van der Waals surface area contributed by atoms with Crippen LogP contribution in [0.4, 0.5) is 5.69 Å². The molecule has 0 fully saturated rings. The van der Waals surface area contributed by atoms with Gasteiger partial charge in [-0.1, -0.05) is 36.8 Å². The van der Waals surface area contributed by atoms with E-state index in [2.05, 4.69) is 15.8 Å². The number of carbonyl (C=O) groups excluding carboxylic acids is 2. The molecule has 5 nitrogen and oxygen atoms in total. The second-order valence-electron chi connectivity index (χ2n) is 6.03. The first-order valence-electron chi connectivity index (χ1n) is 7.88. The number of hydrogen-bond acceptors (Lipinski definition) is 3. The summed E-state index contributed by atoms with van der Waals surface area (Å²) >= 11 is 0. The summed E-state index contributed by atoms with van der Waals surface area (Å²) in [6, 6.07) is 14.9. The molecule has 0 radical (unpaired) electrons. The van der Waals surface area contributed by atoms with E-state index in [1.54, 1.807) is 12.1 Å². The van der Waals surface area contributed by atoms with E-state index in [9.17, 15) is 9.59 Å². The van der Waals surface area contributed by atoms with Crippen molar-refractivity contribution in [2.45, 2.75) is 20.3 Å². The molecule has 1 unspecified atom stereocenters. The molecule has 2 aromatic rings. The Morgan fingerprint density at radius 2 is 1.79 bits per heavy atom. The summed E-state index contributed by atoms with van der Waals surface area (Å²) in [7, 11) is 0. The van der Waals surface area contributed by atoms with Crippen molar-refractivity contribution < 1.29 is 9.59 Å². The number of rotatable bonds is 3. The summed E-state index contributed by atoms with van der Waals surface area (Å²) in [4.78, 5) is 23.5. The van der Waals surface area contributed by atoms with Crippen LogP contribution in [-0.4, -0.2) is 17.5 Å². The van der Waals surface area contributed by atoms with Gasteiger partial charge in [0.1, 0.15) is 0 Å². The van der Waals surface area contributed by atoms with E-state index in [4.69, 9.17) is 0 Å². The fraction of sp³-hybridized carbons (Fsp3) is 0.211. The van der Waals surface area contributed by atoms with Crippen molar-refractivity contribution in [3.05, 3.63) is 65.2 Å². The Hall–Kier alpha value is -2.95. The van der Waals surface area contributed by atoms with E-state index in [0.717, 1.165) is 22.5 Å². The molecule has 1 atom stereocenters. The van der Waals surface area contributed by atoms with Gasteiger partial charge in [-0.3, -0.25) is 9.59 Å². The Morgan fingerprint density at radius 3 is 2.42 bits per heavy atom. The first kappa shape index (κ1) is 15.9. The smallest absolute Gasteiger partial charge is 0.255 e. The first-order valence-corrected chi connectivity index (χ1v) is 7.88. The van der Waals surface area contributed by atoms with Crippen LogP contribution >= 0.6 is 0 Å². The van der Waals surface area contributed by atoms with Crippen LogP contribution in [0.3, 0.4) is 0 Å². The van der Waals surface area contributed by atoms with Crippen LogP contribution in [0.5, 0.6) is 0 Å². The molecule has 0 saturated heterocycles. The zero-order valence-electron chi connectivity index (χ0n) is 13.7. The average molecular weight is 321 g/mol. The summed E-state index contributed by atoms with van der Waals surface area (Å²) in [5, 5.41) is 7.02. The molecular weight excluding hydrogens is 302 g/mol. The van der Waals surface area contributed by atoms with Crippen molar-refractivity contribution in [2.75, 3.05) is 5.32 Å². The predicted molar refractivity (Wildman–Crippen MR) is 94.0 cm³/mol. The van der Waals surface area contributed by atoms with Gasteiger partial charge in [0.25, 0.3) is 5.91 Å². The molecule has 5 heteroatoms. The Labute approximate surface area is 140 Å². The SMILES string of the molecule is Cc1ccc(C(=O)Nc2ccc(C3=NNC(=O)CC3C)cc2)cc1. The van der Waals surface area contributed by atoms with Gasteiger partial charge in [-0.25, -0.2) is 5.43 Å². The van der Waals surface area contributed by atoms with Gasteiger partial charge in [-0.05, 0) is 36.8 Å². The van der Waals surface area contributed by atoms with Crippen LogP contribution in [0, 0.1) is 12.8 Å². The predicted octanol–water partition coefficient (Wildman–Crippen LogP) is 3.11. The minimum Gasteiger partial charge on any atom is -0.322 e. The number of anilines is 1. The molecule has 0 saturated carbocycles. The molecule has 1 aliphatic rings. The molecule has 2 aromatic carbocycles. The van der Waals surface area contributed by atoms with Crippen molar-refractivity contribution in [2.24, 2.45) is 11.0 Å². The van der Waals surface area contributed by atoms with Gasteiger partial charge in [0.05, 0.1) is 5.71 Å². The van der Waals surface area contributed by atoms with Gasteiger partial charge < -0.3 is 5.32 Å². The van der Waals surface area contributed by atoms with Crippen molar-refractivity contribution >= 4 is 23.2 Å². The normalized spacial score (nSPS) is 17.0. The number of amides is 2. The largest absolute Gasteiger partial charge is 0.322 e. The topological polar surface area (TPSA) is 70.6 Å².